The minimum Gasteiger partial charge on any atom is -0.494 e. The van der Waals surface area contributed by atoms with E-state index in [-0.39, 0.29) is 5.82 Å². The molecule has 2 aromatic carbocycles. The topological polar surface area (TPSA) is 24.8 Å². The zero-order valence-corrected chi connectivity index (χ0v) is 14.6. The van der Waals surface area contributed by atoms with E-state index in [1.807, 2.05) is 13.0 Å². The number of halogens is 2. The highest BCUT2D eigenvalue weighted by atomic mass is 35.5. The summed E-state index contributed by atoms with van der Waals surface area (Å²) >= 11 is 6.01. The second-order valence-corrected chi connectivity index (χ2v) is 6.37. The number of methoxy groups -OCH3 is 1. The van der Waals surface area contributed by atoms with Gasteiger partial charge in [-0.1, -0.05) is 11.6 Å². The van der Waals surface area contributed by atoms with Gasteiger partial charge in [0.15, 0.2) is 0 Å². The number of hydrogen-bond donors (Lipinski definition) is 0. The van der Waals surface area contributed by atoms with Crippen LogP contribution in [0.3, 0.4) is 0 Å². The lowest BCUT2D eigenvalue weighted by molar-refractivity contribution is 0.416. The van der Waals surface area contributed by atoms with Crippen molar-refractivity contribution in [2.24, 2.45) is 4.99 Å². The largest absolute Gasteiger partial charge is 0.494 e. The Bertz CT molecular complexity index is 770. The van der Waals surface area contributed by atoms with Crippen LogP contribution in [0.2, 0.25) is 5.02 Å². The summed E-state index contributed by atoms with van der Waals surface area (Å²) in [6.07, 6.45) is 3.90. The molecule has 0 atom stereocenters. The van der Waals surface area contributed by atoms with Crippen LogP contribution < -0.4 is 9.64 Å². The molecule has 0 amide bonds. The lowest BCUT2D eigenvalue weighted by Gasteiger charge is -2.19. The van der Waals surface area contributed by atoms with Gasteiger partial charge in [-0.15, -0.1) is 0 Å². The van der Waals surface area contributed by atoms with E-state index in [9.17, 15) is 4.39 Å². The number of aryl methyl sites for hydroxylation is 1. The van der Waals surface area contributed by atoms with Gasteiger partial charge >= 0.3 is 0 Å². The quantitative estimate of drug-likeness (QED) is 0.715. The van der Waals surface area contributed by atoms with Crippen LogP contribution in [-0.2, 0) is 0 Å². The maximum atomic E-state index is 14.5. The minimum absolute atomic E-state index is 0.206. The van der Waals surface area contributed by atoms with Crippen molar-refractivity contribution in [1.29, 1.82) is 0 Å². The van der Waals surface area contributed by atoms with Crippen molar-refractivity contribution in [2.45, 2.75) is 19.8 Å². The molecule has 0 spiro atoms. The van der Waals surface area contributed by atoms with Crippen LogP contribution in [-0.4, -0.2) is 26.4 Å². The number of benzene rings is 2. The maximum Gasteiger partial charge on any atom is 0.147 e. The minimum atomic E-state index is -0.206. The summed E-state index contributed by atoms with van der Waals surface area (Å²) in [5, 5.41) is 0.579. The van der Waals surface area contributed by atoms with Crippen LogP contribution in [0.25, 0.3) is 0 Å². The molecule has 3 nitrogen and oxygen atoms in total. The van der Waals surface area contributed by atoms with E-state index < -0.39 is 0 Å². The molecule has 3 rings (SSSR count). The molecule has 1 aliphatic rings. The van der Waals surface area contributed by atoms with Gasteiger partial charge in [-0.2, -0.15) is 0 Å². The van der Waals surface area contributed by atoms with Gasteiger partial charge in [0.05, 0.1) is 12.8 Å². The number of hydrogen-bond acceptors (Lipinski definition) is 3. The molecular formula is C19H20ClFN2O. The van der Waals surface area contributed by atoms with Gasteiger partial charge in [0.1, 0.15) is 17.3 Å². The van der Waals surface area contributed by atoms with E-state index in [0.29, 0.717) is 22.1 Å². The fourth-order valence-corrected chi connectivity index (χ4v) is 3.09. The Morgan fingerprint density at radius 2 is 1.96 bits per heavy atom. The molecule has 0 bridgehead atoms. The summed E-state index contributed by atoms with van der Waals surface area (Å²) in [5.74, 6) is 0.421. The van der Waals surface area contributed by atoms with Gasteiger partial charge in [-0.25, -0.2) is 4.39 Å². The van der Waals surface area contributed by atoms with Crippen molar-refractivity contribution < 1.29 is 9.13 Å². The molecular weight excluding hydrogens is 327 g/mol. The molecule has 126 valence electrons. The SMILES string of the molecule is COc1ccc(Cl)cc1N=Cc1cc(F)c(N2CCCC2)cc1C. The highest BCUT2D eigenvalue weighted by Gasteiger charge is 2.17. The number of rotatable bonds is 4. The van der Waals surface area contributed by atoms with Crippen molar-refractivity contribution in [3.63, 3.8) is 0 Å². The summed E-state index contributed by atoms with van der Waals surface area (Å²) in [6.45, 7) is 3.81. The van der Waals surface area contributed by atoms with Gasteiger partial charge in [-0.05, 0) is 61.2 Å². The predicted molar refractivity (Wildman–Crippen MR) is 97.8 cm³/mol. The average Bonchev–Trinajstić information content (AvgIpc) is 3.09. The summed E-state index contributed by atoms with van der Waals surface area (Å²) in [4.78, 5) is 6.52. The molecule has 0 saturated carbocycles. The van der Waals surface area contributed by atoms with Gasteiger partial charge < -0.3 is 9.64 Å². The first kappa shape index (κ1) is 16.8. The van der Waals surface area contributed by atoms with Crippen LogP contribution >= 0.6 is 11.6 Å². The fourth-order valence-electron chi connectivity index (χ4n) is 2.92. The molecule has 0 unspecified atom stereocenters. The van der Waals surface area contributed by atoms with Crippen molar-refractivity contribution in [3.8, 4) is 5.75 Å². The molecule has 5 heteroatoms. The van der Waals surface area contributed by atoms with E-state index >= 15 is 0 Å². The normalized spacial score (nSPS) is 14.6. The predicted octanol–water partition coefficient (Wildman–Crippen LogP) is 5.15. The molecule has 2 aromatic rings. The fraction of sp³-hybridized carbons (Fsp3) is 0.316. The third-order valence-electron chi connectivity index (χ3n) is 4.27. The summed E-state index contributed by atoms with van der Waals surface area (Å²) in [5.41, 5.74) is 3.04. The highest BCUT2D eigenvalue weighted by Crippen LogP contribution is 2.31. The Kier molecular flexibility index (Phi) is 5.05. The van der Waals surface area contributed by atoms with Gasteiger partial charge in [0.2, 0.25) is 0 Å². The lowest BCUT2D eigenvalue weighted by atomic mass is 10.1. The Morgan fingerprint density at radius 3 is 2.67 bits per heavy atom. The molecule has 0 aromatic heterocycles. The summed E-state index contributed by atoms with van der Waals surface area (Å²) < 4.78 is 19.7. The van der Waals surface area contributed by atoms with E-state index in [2.05, 4.69) is 9.89 Å². The van der Waals surface area contributed by atoms with Crippen LogP contribution in [0.4, 0.5) is 15.8 Å². The Balaban J connectivity index is 1.90. The molecule has 1 saturated heterocycles. The zero-order valence-electron chi connectivity index (χ0n) is 13.9. The van der Waals surface area contributed by atoms with Gasteiger partial charge in [0.25, 0.3) is 0 Å². The van der Waals surface area contributed by atoms with Crippen molar-refractivity contribution in [1.82, 2.24) is 0 Å². The zero-order chi connectivity index (χ0) is 17.1. The number of aliphatic imine (C=N–C) groups is 1. The molecule has 1 aliphatic heterocycles. The Hall–Kier alpha value is -2.07. The summed E-state index contributed by atoms with van der Waals surface area (Å²) in [7, 11) is 1.58. The molecule has 0 radical (unpaired) electrons. The van der Waals surface area contributed by atoms with E-state index in [4.69, 9.17) is 16.3 Å². The first-order valence-electron chi connectivity index (χ1n) is 8.01. The molecule has 1 fully saturated rings. The smallest absolute Gasteiger partial charge is 0.147 e. The average molecular weight is 347 g/mol. The second kappa shape index (κ2) is 7.22. The van der Waals surface area contributed by atoms with Crippen LogP contribution in [0.1, 0.15) is 24.0 Å². The van der Waals surface area contributed by atoms with E-state index in [1.165, 1.54) is 0 Å². The van der Waals surface area contributed by atoms with E-state index in [0.717, 1.165) is 37.1 Å². The molecule has 0 N–H and O–H groups in total. The number of nitrogens with zero attached hydrogens (tertiary/aromatic N) is 2. The number of anilines is 1. The Morgan fingerprint density at radius 1 is 1.21 bits per heavy atom. The number of ether oxygens (including phenoxy) is 1. The lowest BCUT2D eigenvalue weighted by Crippen LogP contribution is -2.19. The van der Waals surface area contributed by atoms with Crippen LogP contribution in [0.5, 0.6) is 5.75 Å². The van der Waals surface area contributed by atoms with Gasteiger partial charge in [0, 0.05) is 24.3 Å². The molecule has 24 heavy (non-hydrogen) atoms. The molecule has 1 heterocycles. The third-order valence-corrected chi connectivity index (χ3v) is 4.50. The van der Waals surface area contributed by atoms with Crippen molar-refractivity contribution in [3.05, 3.63) is 52.3 Å². The third kappa shape index (κ3) is 3.54. The first-order valence-corrected chi connectivity index (χ1v) is 8.39. The second-order valence-electron chi connectivity index (χ2n) is 5.93. The van der Waals surface area contributed by atoms with Crippen LogP contribution in [0.15, 0.2) is 35.3 Å². The monoisotopic (exact) mass is 346 g/mol. The van der Waals surface area contributed by atoms with Gasteiger partial charge in [-0.3, -0.25) is 4.99 Å². The standard InChI is InChI=1S/C19H20ClFN2O/c1-13-9-18(23-7-3-4-8-23)16(21)10-14(13)12-22-17-11-15(20)5-6-19(17)24-2/h5-6,9-12H,3-4,7-8H2,1-2H3. The first-order chi connectivity index (χ1) is 11.6. The maximum absolute atomic E-state index is 14.5. The van der Waals surface area contributed by atoms with Crippen molar-refractivity contribution in [2.75, 3.05) is 25.1 Å². The van der Waals surface area contributed by atoms with Crippen LogP contribution in [0, 0.1) is 12.7 Å². The molecule has 0 aliphatic carbocycles. The highest BCUT2D eigenvalue weighted by molar-refractivity contribution is 6.30. The van der Waals surface area contributed by atoms with Crippen molar-refractivity contribution >= 4 is 29.2 Å². The Labute approximate surface area is 146 Å². The van der Waals surface area contributed by atoms with E-state index in [1.54, 1.807) is 37.6 Å². The summed E-state index contributed by atoms with van der Waals surface area (Å²) in [6, 6.07) is 8.68.